The van der Waals surface area contributed by atoms with Gasteiger partial charge in [-0.2, -0.15) is 21.6 Å². The molecule has 0 aliphatic rings. The van der Waals surface area contributed by atoms with Crippen LogP contribution in [0.15, 0.2) is 59.5 Å². The maximum atomic E-state index is 12.3. The number of hydrogen-bond acceptors (Lipinski definition) is 6. The molecule has 0 unspecified atom stereocenters. The Morgan fingerprint density at radius 3 is 2.00 bits per heavy atom. The van der Waals surface area contributed by atoms with E-state index in [9.17, 15) is 34.8 Å². The van der Waals surface area contributed by atoms with Crippen LogP contribution >= 0.6 is 0 Å². The summed E-state index contributed by atoms with van der Waals surface area (Å²) < 4.78 is 89.0. The number of rotatable bonds is 6. The predicted molar refractivity (Wildman–Crippen MR) is 92.2 cm³/mol. The zero-order valence-electron chi connectivity index (χ0n) is 14.2. The molecule has 1 atom stereocenters. The first-order chi connectivity index (χ1) is 12.8. The quantitative estimate of drug-likeness (QED) is 0.550. The molecule has 2 aromatic rings. The Balaban J connectivity index is 2.12. The van der Waals surface area contributed by atoms with E-state index in [0.29, 0.717) is 0 Å². The minimum Gasteiger partial charge on any atom is -0.376 e. The van der Waals surface area contributed by atoms with Gasteiger partial charge in [-0.1, -0.05) is 30.3 Å². The second-order valence-corrected chi connectivity index (χ2v) is 8.78. The Bertz CT molecular complexity index is 1050. The smallest absolute Gasteiger partial charge is 0.376 e. The van der Waals surface area contributed by atoms with E-state index >= 15 is 0 Å². The van der Waals surface area contributed by atoms with Gasteiger partial charge in [0.05, 0.1) is 10.8 Å². The number of carbonyl (C=O) groups excluding carboxylic acids is 1. The molecule has 7 nitrogen and oxygen atoms in total. The van der Waals surface area contributed by atoms with Gasteiger partial charge in [0.15, 0.2) is 0 Å². The highest BCUT2D eigenvalue weighted by Gasteiger charge is 2.48. The molecule has 152 valence electrons. The molecule has 1 amide bonds. The van der Waals surface area contributed by atoms with Gasteiger partial charge in [0.25, 0.3) is 10.0 Å². The molecule has 0 aliphatic carbocycles. The highest BCUT2D eigenvalue weighted by atomic mass is 32.2. The minimum absolute atomic E-state index is 0.114. The summed E-state index contributed by atoms with van der Waals surface area (Å²) in [6.07, 6.45) is 0. The molecule has 1 N–H and O–H groups in total. The Labute approximate surface area is 159 Å². The molecule has 0 bridgehead atoms. The maximum Gasteiger partial charge on any atom is 0.534 e. The summed E-state index contributed by atoms with van der Waals surface area (Å²) in [5.41, 5.74) is -5.34. The van der Waals surface area contributed by atoms with Gasteiger partial charge >= 0.3 is 15.6 Å². The van der Waals surface area contributed by atoms with Crippen molar-refractivity contribution in [2.24, 2.45) is 0 Å². The third kappa shape index (κ3) is 5.01. The van der Waals surface area contributed by atoms with Gasteiger partial charge in [-0.25, -0.2) is 13.1 Å². The monoisotopic (exact) mass is 437 g/mol. The van der Waals surface area contributed by atoms with Crippen molar-refractivity contribution in [1.29, 1.82) is 0 Å². The van der Waals surface area contributed by atoms with Gasteiger partial charge < -0.3 is 4.18 Å². The average Bonchev–Trinajstić information content (AvgIpc) is 2.61. The lowest BCUT2D eigenvalue weighted by Gasteiger charge is -2.14. The molecule has 0 fully saturated rings. The van der Waals surface area contributed by atoms with E-state index in [0.717, 1.165) is 24.3 Å². The number of amides is 1. The Hall–Kier alpha value is -2.60. The molecule has 28 heavy (non-hydrogen) atoms. The molecular formula is C16H14F3NO6S2. The zero-order valence-corrected chi connectivity index (χ0v) is 15.8. The lowest BCUT2D eigenvalue weighted by Crippen LogP contribution is -2.33. The second-order valence-electron chi connectivity index (χ2n) is 5.56. The molecule has 0 saturated carbocycles. The minimum atomic E-state index is -5.81. The number of sulfonamides is 1. The number of alkyl halides is 3. The summed E-state index contributed by atoms with van der Waals surface area (Å²) in [6, 6.07) is 11.3. The molecule has 0 aliphatic heterocycles. The Morgan fingerprint density at radius 2 is 1.50 bits per heavy atom. The summed E-state index contributed by atoms with van der Waals surface area (Å²) in [5, 5.41) is 0. The molecule has 0 spiro atoms. The van der Waals surface area contributed by atoms with Crippen molar-refractivity contribution in [3.63, 3.8) is 0 Å². The lowest BCUT2D eigenvalue weighted by atomic mass is 10.0. The number of hydrogen-bond donors (Lipinski definition) is 1. The maximum absolute atomic E-state index is 12.3. The molecule has 2 rings (SSSR count). The highest BCUT2D eigenvalue weighted by Crippen LogP contribution is 2.28. The molecular weight excluding hydrogens is 423 g/mol. The van der Waals surface area contributed by atoms with Gasteiger partial charge in [-0.05, 0) is 36.8 Å². The van der Waals surface area contributed by atoms with E-state index in [1.807, 2.05) is 4.72 Å². The zero-order chi connectivity index (χ0) is 21.2. The third-order valence-electron chi connectivity index (χ3n) is 3.55. The standard InChI is InChI=1S/C16H14F3NO6S2/c1-11(15(21)20-27(22,23)14-5-3-2-4-6-14)12-7-9-13(10-8-12)26-28(24,25)16(17,18)19/h2-11H,1H3,(H,20,21)/t11-/m1/s1. The van der Waals surface area contributed by atoms with Crippen molar-refractivity contribution >= 4 is 26.0 Å². The van der Waals surface area contributed by atoms with Crippen LogP contribution in [0.5, 0.6) is 5.75 Å². The molecule has 0 heterocycles. The van der Waals surface area contributed by atoms with Crippen molar-refractivity contribution in [2.75, 3.05) is 0 Å². The van der Waals surface area contributed by atoms with Crippen LogP contribution in [0.4, 0.5) is 13.2 Å². The van der Waals surface area contributed by atoms with Crippen LogP contribution in [0.2, 0.25) is 0 Å². The van der Waals surface area contributed by atoms with Crippen molar-refractivity contribution in [3.8, 4) is 5.75 Å². The van der Waals surface area contributed by atoms with Crippen LogP contribution in [-0.4, -0.2) is 28.3 Å². The summed E-state index contributed by atoms with van der Waals surface area (Å²) >= 11 is 0. The van der Waals surface area contributed by atoms with Gasteiger partial charge in [0.1, 0.15) is 5.75 Å². The first-order valence-electron chi connectivity index (χ1n) is 7.56. The summed E-state index contributed by atoms with van der Waals surface area (Å²) in [5.74, 6) is -2.47. The fraction of sp³-hybridized carbons (Fsp3) is 0.188. The van der Waals surface area contributed by atoms with Crippen LogP contribution < -0.4 is 8.91 Å². The van der Waals surface area contributed by atoms with Crippen LogP contribution in [0.3, 0.4) is 0 Å². The van der Waals surface area contributed by atoms with E-state index < -0.39 is 43.2 Å². The van der Waals surface area contributed by atoms with Gasteiger partial charge in [-0.15, -0.1) is 0 Å². The molecule has 0 radical (unpaired) electrons. The largest absolute Gasteiger partial charge is 0.534 e. The SMILES string of the molecule is C[C@@H](C(=O)NS(=O)(=O)c1ccccc1)c1ccc(OS(=O)(=O)C(F)(F)F)cc1. The van der Waals surface area contributed by atoms with Gasteiger partial charge in [-0.3, -0.25) is 4.79 Å². The number of benzene rings is 2. The molecule has 0 saturated heterocycles. The van der Waals surface area contributed by atoms with Crippen molar-refractivity contribution < 1.29 is 39.0 Å². The topological polar surface area (TPSA) is 107 Å². The summed E-state index contributed by atoms with van der Waals surface area (Å²) in [7, 11) is -9.90. The molecule has 12 heteroatoms. The number of halogens is 3. The van der Waals surface area contributed by atoms with Crippen LogP contribution in [0.1, 0.15) is 18.4 Å². The molecule has 0 aromatic heterocycles. The first kappa shape index (κ1) is 21.7. The first-order valence-corrected chi connectivity index (χ1v) is 10.4. The van der Waals surface area contributed by atoms with Crippen molar-refractivity contribution in [3.05, 3.63) is 60.2 Å². The number of carbonyl (C=O) groups is 1. The predicted octanol–water partition coefficient (Wildman–Crippen LogP) is 2.52. The highest BCUT2D eigenvalue weighted by molar-refractivity contribution is 7.90. The van der Waals surface area contributed by atoms with Crippen LogP contribution in [0, 0.1) is 0 Å². The van der Waals surface area contributed by atoms with E-state index in [2.05, 4.69) is 4.18 Å². The normalized spacial score (nSPS) is 13.6. The summed E-state index contributed by atoms with van der Waals surface area (Å²) in [4.78, 5) is 12.1. The number of nitrogens with one attached hydrogen (secondary N) is 1. The van der Waals surface area contributed by atoms with Crippen LogP contribution in [-0.2, 0) is 24.9 Å². The molecule has 2 aromatic carbocycles. The van der Waals surface area contributed by atoms with E-state index in [4.69, 9.17) is 0 Å². The van der Waals surface area contributed by atoms with Gasteiger partial charge in [0.2, 0.25) is 5.91 Å². The van der Waals surface area contributed by atoms with Crippen LogP contribution in [0.25, 0.3) is 0 Å². The van der Waals surface area contributed by atoms with E-state index in [1.165, 1.54) is 31.2 Å². The lowest BCUT2D eigenvalue weighted by molar-refractivity contribution is -0.120. The second kappa shape index (κ2) is 7.80. The fourth-order valence-electron chi connectivity index (χ4n) is 2.02. The van der Waals surface area contributed by atoms with Crippen molar-refractivity contribution in [2.45, 2.75) is 23.2 Å². The van der Waals surface area contributed by atoms with Gasteiger partial charge in [0, 0.05) is 0 Å². The average molecular weight is 437 g/mol. The van der Waals surface area contributed by atoms with E-state index in [1.54, 1.807) is 6.07 Å². The third-order valence-corrected chi connectivity index (χ3v) is 5.89. The van der Waals surface area contributed by atoms with E-state index in [-0.39, 0.29) is 10.5 Å². The summed E-state index contributed by atoms with van der Waals surface area (Å²) in [6.45, 7) is 1.37. The van der Waals surface area contributed by atoms with Crippen molar-refractivity contribution in [1.82, 2.24) is 4.72 Å². The Kier molecular flexibility index (Phi) is 6.04. The Morgan fingerprint density at radius 1 is 0.964 bits per heavy atom. The fourth-order valence-corrected chi connectivity index (χ4v) is 3.55.